The number of carboxylic acids is 1. The van der Waals surface area contributed by atoms with Gasteiger partial charge in [0.05, 0.1) is 0 Å². The highest BCUT2D eigenvalue weighted by molar-refractivity contribution is 5.94. The van der Waals surface area contributed by atoms with Crippen molar-refractivity contribution in [2.24, 2.45) is 0 Å². The number of carboxylic acid groups (broad SMARTS) is 1. The van der Waals surface area contributed by atoms with Crippen LogP contribution in [0.5, 0.6) is 0 Å². The third-order valence-corrected chi connectivity index (χ3v) is 2.55. The predicted molar refractivity (Wildman–Crippen MR) is 62.6 cm³/mol. The zero-order valence-electron chi connectivity index (χ0n) is 9.03. The number of hydrogen-bond acceptors (Lipinski definition) is 1. The van der Waals surface area contributed by atoms with Gasteiger partial charge in [0, 0.05) is 11.3 Å². The summed E-state index contributed by atoms with van der Waals surface area (Å²) in [5, 5.41) is 9.10. The summed E-state index contributed by atoms with van der Waals surface area (Å²) in [6.45, 7) is 1.99. The van der Waals surface area contributed by atoms with Gasteiger partial charge in [0.1, 0.15) is 5.69 Å². The minimum absolute atomic E-state index is 0.267. The molecular weight excluding hydrogens is 202 g/mol. The first kappa shape index (κ1) is 10.5. The summed E-state index contributed by atoms with van der Waals surface area (Å²) < 4.78 is 0. The molecule has 0 radical (unpaired) electrons. The van der Waals surface area contributed by atoms with E-state index >= 15 is 0 Å². The van der Waals surface area contributed by atoms with Gasteiger partial charge < -0.3 is 10.1 Å². The van der Waals surface area contributed by atoms with Gasteiger partial charge in [0.15, 0.2) is 0 Å². The Balaban J connectivity index is 2.55. The second-order valence-corrected chi connectivity index (χ2v) is 3.61. The van der Waals surface area contributed by atoms with Crippen molar-refractivity contribution in [3.05, 3.63) is 47.8 Å². The maximum absolute atomic E-state index is 11.1. The highest BCUT2D eigenvalue weighted by Crippen LogP contribution is 2.24. The highest BCUT2D eigenvalue weighted by atomic mass is 16.4. The first-order valence-electron chi connectivity index (χ1n) is 5.23. The van der Waals surface area contributed by atoms with Crippen molar-refractivity contribution >= 4 is 5.97 Å². The van der Waals surface area contributed by atoms with Gasteiger partial charge in [-0.3, -0.25) is 0 Å². The molecule has 0 amide bonds. The Hall–Kier alpha value is -2.03. The Morgan fingerprint density at radius 3 is 2.56 bits per heavy atom. The number of aromatic nitrogens is 1. The molecule has 2 N–H and O–H groups in total. The van der Waals surface area contributed by atoms with Crippen molar-refractivity contribution in [2.75, 3.05) is 0 Å². The molecule has 3 heteroatoms. The van der Waals surface area contributed by atoms with Gasteiger partial charge in [0.2, 0.25) is 0 Å². The number of aromatic carboxylic acids is 1. The standard InChI is InChI=1S/C13H13NO2/c1-2-10-8-11(12(14-10)13(15)16)9-6-4-3-5-7-9/h3-8,14H,2H2,1H3,(H,15,16). The molecule has 0 unspecified atom stereocenters. The highest BCUT2D eigenvalue weighted by Gasteiger charge is 2.14. The SMILES string of the molecule is CCc1cc(-c2ccccc2)c(C(=O)O)[nH]1. The third kappa shape index (κ3) is 1.84. The van der Waals surface area contributed by atoms with Crippen molar-refractivity contribution in [1.29, 1.82) is 0 Å². The van der Waals surface area contributed by atoms with Crippen LogP contribution in [0.2, 0.25) is 0 Å². The van der Waals surface area contributed by atoms with E-state index in [0.717, 1.165) is 23.2 Å². The van der Waals surface area contributed by atoms with E-state index < -0.39 is 5.97 Å². The maximum Gasteiger partial charge on any atom is 0.352 e. The summed E-state index contributed by atoms with van der Waals surface area (Å²) >= 11 is 0. The molecule has 0 atom stereocenters. The largest absolute Gasteiger partial charge is 0.477 e. The van der Waals surface area contributed by atoms with Crippen LogP contribution >= 0.6 is 0 Å². The monoisotopic (exact) mass is 215 g/mol. The number of aryl methyl sites for hydroxylation is 1. The van der Waals surface area contributed by atoms with E-state index in [1.165, 1.54) is 0 Å². The Morgan fingerprint density at radius 1 is 1.31 bits per heavy atom. The quantitative estimate of drug-likeness (QED) is 0.827. The van der Waals surface area contributed by atoms with Crippen LogP contribution in [0, 0.1) is 0 Å². The molecule has 0 aliphatic rings. The van der Waals surface area contributed by atoms with E-state index in [0.29, 0.717) is 0 Å². The van der Waals surface area contributed by atoms with E-state index in [1.54, 1.807) is 0 Å². The molecular formula is C13H13NO2. The van der Waals surface area contributed by atoms with Crippen molar-refractivity contribution in [3.63, 3.8) is 0 Å². The fourth-order valence-electron chi connectivity index (χ4n) is 1.71. The fourth-order valence-corrected chi connectivity index (χ4v) is 1.71. The van der Waals surface area contributed by atoms with Gasteiger partial charge in [-0.1, -0.05) is 37.3 Å². The average Bonchev–Trinajstić information content (AvgIpc) is 2.74. The van der Waals surface area contributed by atoms with Crippen LogP contribution in [0.25, 0.3) is 11.1 Å². The molecule has 3 nitrogen and oxygen atoms in total. The van der Waals surface area contributed by atoms with E-state index in [-0.39, 0.29) is 5.69 Å². The molecule has 2 rings (SSSR count). The summed E-state index contributed by atoms with van der Waals surface area (Å²) in [7, 11) is 0. The van der Waals surface area contributed by atoms with Crippen LogP contribution in [-0.2, 0) is 6.42 Å². The molecule has 16 heavy (non-hydrogen) atoms. The van der Waals surface area contributed by atoms with E-state index in [2.05, 4.69) is 4.98 Å². The zero-order chi connectivity index (χ0) is 11.5. The molecule has 1 aromatic heterocycles. The molecule has 1 aromatic carbocycles. The van der Waals surface area contributed by atoms with Crippen molar-refractivity contribution in [3.8, 4) is 11.1 Å². The van der Waals surface area contributed by atoms with E-state index in [9.17, 15) is 4.79 Å². The summed E-state index contributed by atoms with van der Waals surface area (Å²) in [4.78, 5) is 14.0. The first-order chi connectivity index (χ1) is 7.72. The second-order valence-electron chi connectivity index (χ2n) is 3.61. The Morgan fingerprint density at radius 2 is 2.00 bits per heavy atom. The number of hydrogen-bond donors (Lipinski definition) is 2. The smallest absolute Gasteiger partial charge is 0.352 e. The Labute approximate surface area is 93.7 Å². The maximum atomic E-state index is 11.1. The minimum atomic E-state index is -0.918. The fraction of sp³-hybridized carbons (Fsp3) is 0.154. The van der Waals surface area contributed by atoms with Crippen LogP contribution < -0.4 is 0 Å². The minimum Gasteiger partial charge on any atom is -0.477 e. The van der Waals surface area contributed by atoms with Crippen LogP contribution in [0.3, 0.4) is 0 Å². The molecule has 1 heterocycles. The molecule has 82 valence electrons. The van der Waals surface area contributed by atoms with Crippen LogP contribution in [0.1, 0.15) is 23.1 Å². The molecule has 0 fully saturated rings. The lowest BCUT2D eigenvalue weighted by Crippen LogP contribution is -1.99. The number of nitrogens with one attached hydrogen (secondary N) is 1. The van der Waals surface area contributed by atoms with Crippen molar-refractivity contribution < 1.29 is 9.90 Å². The van der Waals surface area contributed by atoms with Crippen LogP contribution in [0.15, 0.2) is 36.4 Å². The van der Waals surface area contributed by atoms with Crippen LogP contribution in [0.4, 0.5) is 0 Å². The number of benzene rings is 1. The van der Waals surface area contributed by atoms with E-state index in [1.807, 2.05) is 43.3 Å². The number of carbonyl (C=O) groups is 1. The van der Waals surface area contributed by atoms with Crippen molar-refractivity contribution in [2.45, 2.75) is 13.3 Å². The first-order valence-corrected chi connectivity index (χ1v) is 5.23. The second kappa shape index (κ2) is 4.23. The molecule has 0 saturated carbocycles. The molecule has 0 saturated heterocycles. The molecule has 0 aliphatic heterocycles. The molecule has 0 spiro atoms. The summed E-state index contributed by atoms with van der Waals surface area (Å²) in [5.74, 6) is -0.918. The summed E-state index contributed by atoms with van der Waals surface area (Å²) in [5.41, 5.74) is 2.89. The lowest BCUT2D eigenvalue weighted by molar-refractivity contribution is 0.0692. The molecule has 0 bridgehead atoms. The van der Waals surface area contributed by atoms with Gasteiger partial charge in [-0.25, -0.2) is 4.79 Å². The topological polar surface area (TPSA) is 53.1 Å². The van der Waals surface area contributed by atoms with Gasteiger partial charge in [-0.05, 0) is 18.1 Å². The Kier molecular flexibility index (Phi) is 2.77. The normalized spacial score (nSPS) is 10.3. The lowest BCUT2D eigenvalue weighted by atomic mass is 10.1. The number of rotatable bonds is 3. The summed E-state index contributed by atoms with van der Waals surface area (Å²) in [6, 6.07) is 11.4. The summed E-state index contributed by atoms with van der Waals surface area (Å²) in [6.07, 6.45) is 0.799. The average molecular weight is 215 g/mol. The van der Waals surface area contributed by atoms with Gasteiger partial charge >= 0.3 is 5.97 Å². The third-order valence-electron chi connectivity index (χ3n) is 2.55. The van der Waals surface area contributed by atoms with Crippen molar-refractivity contribution in [1.82, 2.24) is 4.98 Å². The zero-order valence-corrected chi connectivity index (χ0v) is 9.03. The van der Waals surface area contributed by atoms with Gasteiger partial charge in [-0.2, -0.15) is 0 Å². The van der Waals surface area contributed by atoms with Gasteiger partial charge in [0.25, 0.3) is 0 Å². The number of H-pyrrole nitrogens is 1. The van der Waals surface area contributed by atoms with Gasteiger partial charge in [-0.15, -0.1) is 0 Å². The van der Waals surface area contributed by atoms with E-state index in [4.69, 9.17) is 5.11 Å². The Bertz CT molecular complexity index is 500. The molecule has 0 aliphatic carbocycles. The number of aromatic amines is 1. The lowest BCUT2D eigenvalue weighted by Gasteiger charge is -1.99. The van der Waals surface area contributed by atoms with Crippen LogP contribution in [-0.4, -0.2) is 16.1 Å². The molecule has 2 aromatic rings. The predicted octanol–water partition coefficient (Wildman–Crippen LogP) is 2.94.